The van der Waals surface area contributed by atoms with Gasteiger partial charge >= 0.3 is 0 Å². The first kappa shape index (κ1) is 11.5. The predicted molar refractivity (Wildman–Crippen MR) is 67.9 cm³/mol. The summed E-state index contributed by atoms with van der Waals surface area (Å²) in [5.74, 6) is 1.10. The van der Waals surface area contributed by atoms with Crippen LogP contribution in [-0.4, -0.2) is 13.7 Å². The minimum absolute atomic E-state index is 0.231. The molecule has 1 aliphatic heterocycles. The van der Waals surface area contributed by atoms with Crippen LogP contribution in [0.1, 0.15) is 43.9 Å². The lowest BCUT2D eigenvalue weighted by Crippen LogP contribution is -2.26. The third-order valence-electron chi connectivity index (χ3n) is 3.43. The zero-order valence-corrected chi connectivity index (χ0v) is 10.6. The SMILES string of the molecule is COC1c2cc(C(C)C)ccc2NCC1C. The molecule has 2 nitrogen and oxygen atoms in total. The van der Waals surface area contributed by atoms with E-state index in [4.69, 9.17) is 4.74 Å². The second-order valence-corrected chi connectivity index (χ2v) is 5.02. The summed E-state index contributed by atoms with van der Waals surface area (Å²) < 4.78 is 5.62. The molecule has 2 heteroatoms. The van der Waals surface area contributed by atoms with E-state index in [1.54, 1.807) is 7.11 Å². The van der Waals surface area contributed by atoms with Crippen LogP contribution in [0.4, 0.5) is 5.69 Å². The number of hydrogen-bond donors (Lipinski definition) is 1. The maximum atomic E-state index is 5.62. The lowest BCUT2D eigenvalue weighted by molar-refractivity contribution is 0.0595. The van der Waals surface area contributed by atoms with E-state index in [0.29, 0.717) is 11.8 Å². The molecule has 2 unspecified atom stereocenters. The Morgan fingerprint density at radius 2 is 2.12 bits per heavy atom. The Morgan fingerprint density at radius 3 is 2.75 bits per heavy atom. The number of methoxy groups -OCH3 is 1. The smallest absolute Gasteiger partial charge is 0.0883 e. The van der Waals surface area contributed by atoms with Crippen molar-refractivity contribution in [3.63, 3.8) is 0 Å². The summed E-state index contributed by atoms with van der Waals surface area (Å²) in [7, 11) is 1.80. The molecule has 1 N–H and O–H groups in total. The van der Waals surface area contributed by atoms with Crippen molar-refractivity contribution >= 4 is 5.69 Å². The van der Waals surface area contributed by atoms with Crippen molar-refractivity contribution in [1.29, 1.82) is 0 Å². The number of rotatable bonds is 2. The molecular formula is C14H21NO. The van der Waals surface area contributed by atoms with Gasteiger partial charge in [-0.15, -0.1) is 0 Å². The van der Waals surface area contributed by atoms with Crippen molar-refractivity contribution in [1.82, 2.24) is 0 Å². The van der Waals surface area contributed by atoms with Crippen LogP contribution >= 0.6 is 0 Å². The summed E-state index contributed by atoms with van der Waals surface area (Å²) in [6.07, 6.45) is 0.231. The molecule has 0 bridgehead atoms. The summed E-state index contributed by atoms with van der Waals surface area (Å²) >= 11 is 0. The number of anilines is 1. The molecule has 0 saturated carbocycles. The topological polar surface area (TPSA) is 21.3 Å². The second kappa shape index (κ2) is 4.46. The third kappa shape index (κ3) is 1.94. The molecule has 1 aliphatic rings. The van der Waals surface area contributed by atoms with Crippen LogP contribution in [0.15, 0.2) is 18.2 Å². The first-order valence-corrected chi connectivity index (χ1v) is 6.04. The normalized spacial score (nSPS) is 24.1. The monoisotopic (exact) mass is 219 g/mol. The zero-order valence-electron chi connectivity index (χ0n) is 10.6. The summed E-state index contributed by atoms with van der Waals surface area (Å²) in [5, 5.41) is 3.46. The Morgan fingerprint density at radius 1 is 1.38 bits per heavy atom. The Kier molecular flexibility index (Phi) is 3.20. The molecule has 0 saturated heterocycles. The van der Waals surface area contributed by atoms with Crippen molar-refractivity contribution in [2.75, 3.05) is 19.0 Å². The highest BCUT2D eigenvalue weighted by Gasteiger charge is 2.26. The van der Waals surface area contributed by atoms with E-state index in [1.165, 1.54) is 16.8 Å². The predicted octanol–water partition coefficient (Wildman–Crippen LogP) is 3.56. The summed E-state index contributed by atoms with van der Waals surface area (Å²) in [6.45, 7) is 7.67. The molecule has 16 heavy (non-hydrogen) atoms. The Hall–Kier alpha value is -1.02. The molecule has 0 radical (unpaired) electrons. The van der Waals surface area contributed by atoms with Crippen LogP contribution in [0.25, 0.3) is 0 Å². The molecule has 1 aromatic rings. The maximum absolute atomic E-state index is 5.62. The minimum atomic E-state index is 0.231. The van der Waals surface area contributed by atoms with Crippen LogP contribution in [0, 0.1) is 5.92 Å². The van der Waals surface area contributed by atoms with Crippen molar-refractivity contribution in [3.8, 4) is 0 Å². The largest absolute Gasteiger partial charge is 0.384 e. The highest BCUT2D eigenvalue weighted by Crippen LogP contribution is 2.37. The highest BCUT2D eigenvalue weighted by atomic mass is 16.5. The molecule has 1 heterocycles. The van der Waals surface area contributed by atoms with Crippen molar-refractivity contribution in [3.05, 3.63) is 29.3 Å². The van der Waals surface area contributed by atoms with Gasteiger partial charge in [-0.25, -0.2) is 0 Å². The number of hydrogen-bond acceptors (Lipinski definition) is 2. The Labute approximate surface area is 98.0 Å². The standard InChI is InChI=1S/C14H21NO/c1-9(2)11-5-6-13-12(7-11)14(16-4)10(3)8-15-13/h5-7,9-10,14-15H,8H2,1-4H3. The van der Waals surface area contributed by atoms with E-state index >= 15 is 0 Å². The van der Waals surface area contributed by atoms with Crippen LogP contribution in [0.3, 0.4) is 0 Å². The first-order chi connectivity index (χ1) is 7.63. The van der Waals surface area contributed by atoms with Gasteiger partial charge < -0.3 is 10.1 Å². The molecule has 1 aromatic carbocycles. The second-order valence-electron chi connectivity index (χ2n) is 5.02. The van der Waals surface area contributed by atoms with Gasteiger partial charge in [0.1, 0.15) is 0 Å². The Bertz CT molecular complexity index is 373. The average Bonchev–Trinajstić information content (AvgIpc) is 2.28. The van der Waals surface area contributed by atoms with Crippen LogP contribution in [0.2, 0.25) is 0 Å². The number of ether oxygens (including phenoxy) is 1. The highest BCUT2D eigenvalue weighted by molar-refractivity contribution is 5.56. The van der Waals surface area contributed by atoms with Crippen molar-refractivity contribution in [2.24, 2.45) is 5.92 Å². The minimum Gasteiger partial charge on any atom is -0.384 e. The molecule has 0 aliphatic carbocycles. The van der Waals surface area contributed by atoms with E-state index in [0.717, 1.165) is 6.54 Å². The Balaban J connectivity index is 2.42. The molecule has 88 valence electrons. The van der Waals surface area contributed by atoms with Gasteiger partial charge in [0.2, 0.25) is 0 Å². The molecule has 2 atom stereocenters. The summed E-state index contributed by atoms with van der Waals surface area (Å²) in [6, 6.07) is 6.68. The third-order valence-corrected chi connectivity index (χ3v) is 3.43. The molecule has 0 spiro atoms. The van der Waals surface area contributed by atoms with Crippen LogP contribution in [0.5, 0.6) is 0 Å². The van der Waals surface area contributed by atoms with E-state index in [9.17, 15) is 0 Å². The van der Waals surface area contributed by atoms with Gasteiger partial charge in [0.15, 0.2) is 0 Å². The van der Waals surface area contributed by atoms with Crippen LogP contribution in [-0.2, 0) is 4.74 Å². The van der Waals surface area contributed by atoms with Gasteiger partial charge in [-0.2, -0.15) is 0 Å². The lowest BCUT2D eigenvalue weighted by Gasteiger charge is -2.32. The van der Waals surface area contributed by atoms with Gasteiger partial charge in [0.05, 0.1) is 6.10 Å². The van der Waals surface area contributed by atoms with Gasteiger partial charge in [0, 0.05) is 30.8 Å². The number of nitrogens with one attached hydrogen (secondary N) is 1. The average molecular weight is 219 g/mol. The van der Waals surface area contributed by atoms with E-state index < -0.39 is 0 Å². The maximum Gasteiger partial charge on any atom is 0.0883 e. The number of fused-ring (bicyclic) bond motifs is 1. The van der Waals surface area contributed by atoms with Crippen LogP contribution < -0.4 is 5.32 Å². The van der Waals surface area contributed by atoms with Gasteiger partial charge in [0.25, 0.3) is 0 Å². The molecular weight excluding hydrogens is 198 g/mol. The lowest BCUT2D eigenvalue weighted by atomic mass is 9.89. The fraction of sp³-hybridized carbons (Fsp3) is 0.571. The van der Waals surface area contributed by atoms with Crippen molar-refractivity contribution < 1.29 is 4.74 Å². The first-order valence-electron chi connectivity index (χ1n) is 6.04. The van der Waals surface area contributed by atoms with E-state index in [1.807, 2.05) is 0 Å². The quantitative estimate of drug-likeness (QED) is 0.821. The number of benzene rings is 1. The van der Waals surface area contributed by atoms with E-state index in [2.05, 4.69) is 44.3 Å². The summed E-state index contributed by atoms with van der Waals surface area (Å²) in [4.78, 5) is 0. The molecule has 0 aromatic heterocycles. The summed E-state index contributed by atoms with van der Waals surface area (Å²) in [5.41, 5.74) is 3.93. The fourth-order valence-corrected chi connectivity index (χ4v) is 2.38. The fourth-order valence-electron chi connectivity index (χ4n) is 2.38. The molecule has 0 fully saturated rings. The van der Waals surface area contributed by atoms with Gasteiger partial charge in [-0.05, 0) is 17.5 Å². The van der Waals surface area contributed by atoms with Gasteiger partial charge in [-0.3, -0.25) is 0 Å². The van der Waals surface area contributed by atoms with Gasteiger partial charge in [-0.1, -0.05) is 32.9 Å². The molecule has 0 amide bonds. The zero-order chi connectivity index (χ0) is 11.7. The molecule has 2 rings (SSSR count). The van der Waals surface area contributed by atoms with E-state index in [-0.39, 0.29) is 6.10 Å². The van der Waals surface area contributed by atoms with Crippen molar-refractivity contribution in [2.45, 2.75) is 32.8 Å².